The van der Waals surface area contributed by atoms with Gasteiger partial charge < -0.3 is 14.8 Å². The van der Waals surface area contributed by atoms with Crippen LogP contribution in [0.25, 0.3) is 0 Å². The lowest BCUT2D eigenvalue weighted by molar-refractivity contribution is 0.0935. The third-order valence-electron chi connectivity index (χ3n) is 3.26. The van der Waals surface area contributed by atoms with Crippen LogP contribution in [-0.2, 0) is 6.42 Å². The molecule has 0 saturated heterocycles. The van der Waals surface area contributed by atoms with Gasteiger partial charge in [-0.15, -0.1) is 0 Å². The second-order valence-electron chi connectivity index (χ2n) is 4.96. The number of hydrogen-bond acceptors (Lipinski definition) is 3. The van der Waals surface area contributed by atoms with E-state index in [-0.39, 0.29) is 17.7 Å². The van der Waals surface area contributed by atoms with Gasteiger partial charge >= 0.3 is 0 Å². The lowest BCUT2D eigenvalue weighted by Gasteiger charge is -2.14. The summed E-state index contributed by atoms with van der Waals surface area (Å²) in [6.07, 6.45) is 3.20. The smallest absolute Gasteiger partial charge is 0.255 e. The van der Waals surface area contributed by atoms with Crippen molar-refractivity contribution in [2.24, 2.45) is 0 Å². The summed E-state index contributed by atoms with van der Waals surface area (Å²) in [7, 11) is 0. The Kier molecular flexibility index (Phi) is 4.45. The van der Waals surface area contributed by atoms with Crippen molar-refractivity contribution in [3.05, 3.63) is 53.5 Å². The first-order valence-corrected chi connectivity index (χ1v) is 6.69. The van der Waals surface area contributed by atoms with Gasteiger partial charge in [0.2, 0.25) is 0 Å². The molecule has 4 nitrogen and oxygen atoms in total. The van der Waals surface area contributed by atoms with Crippen LogP contribution in [0.15, 0.2) is 41.0 Å². The first-order valence-electron chi connectivity index (χ1n) is 6.69. The van der Waals surface area contributed by atoms with Crippen LogP contribution in [0.5, 0.6) is 5.75 Å². The molecule has 0 aliphatic heterocycles. The molecule has 0 bridgehead atoms. The molecular weight excluding hydrogens is 254 g/mol. The van der Waals surface area contributed by atoms with Gasteiger partial charge in [0.15, 0.2) is 0 Å². The lowest BCUT2D eigenvalue weighted by Crippen LogP contribution is -2.33. The number of rotatable bonds is 5. The van der Waals surface area contributed by atoms with E-state index in [0.717, 1.165) is 18.6 Å². The second-order valence-corrected chi connectivity index (χ2v) is 4.96. The first kappa shape index (κ1) is 14.2. The summed E-state index contributed by atoms with van der Waals surface area (Å²) in [5.74, 6) is 0.700. The molecular formula is C16H19NO3. The molecule has 1 amide bonds. The molecule has 2 aromatic rings. The van der Waals surface area contributed by atoms with Crippen molar-refractivity contribution >= 4 is 5.91 Å². The van der Waals surface area contributed by atoms with Crippen LogP contribution >= 0.6 is 0 Å². The number of carbonyl (C=O) groups is 1. The summed E-state index contributed by atoms with van der Waals surface area (Å²) in [4.78, 5) is 12.1. The Bertz CT molecular complexity index is 575. The molecule has 4 heteroatoms. The maximum Gasteiger partial charge on any atom is 0.255 e. The minimum atomic E-state index is -0.252. The highest BCUT2D eigenvalue weighted by molar-refractivity contribution is 5.97. The summed E-state index contributed by atoms with van der Waals surface area (Å²) in [5, 5.41) is 12.8. The van der Waals surface area contributed by atoms with Crippen LogP contribution in [0, 0.1) is 6.92 Å². The summed E-state index contributed by atoms with van der Waals surface area (Å²) in [6.45, 7) is 3.71. The van der Waals surface area contributed by atoms with E-state index in [9.17, 15) is 9.90 Å². The minimum absolute atomic E-state index is 0.00696. The molecule has 0 aliphatic carbocycles. The molecule has 1 atom stereocenters. The van der Waals surface area contributed by atoms with Crippen LogP contribution in [0.4, 0.5) is 0 Å². The molecule has 0 fully saturated rings. The fraction of sp³-hybridized carbons (Fsp3) is 0.312. The highest BCUT2D eigenvalue weighted by Crippen LogP contribution is 2.21. The Morgan fingerprint density at radius 2 is 2.15 bits per heavy atom. The van der Waals surface area contributed by atoms with Gasteiger partial charge in [-0.05, 0) is 44.0 Å². The molecule has 2 N–H and O–H groups in total. The van der Waals surface area contributed by atoms with Crippen molar-refractivity contribution in [1.29, 1.82) is 0 Å². The third kappa shape index (κ3) is 3.41. The minimum Gasteiger partial charge on any atom is -0.507 e. The van der Waals surface area contributed by atoms with Crippen LogP contribution in [0.2, 0.25) is 0 Å². The fourth-order valence-electron chi connectivity index (χ4n) is 2.03. The number of furan rings is 1. The van der Waals surface area contributed by atoms with Gasteiger partial charge in [0.25, 0.3) is 5.91 Å². The normalized spacial score (nSPS) is 12.1. The number of para-hydroxylation sites is 1. The van der Waals surface area contributed by atoms with Gasteiger partial charge in [0, 0.05) is 12.5 Å². The molecule has 1 aromatic heterocycles. The number of amides is 1. The van der Waals surface area contributed by atoms with Gasteiger partial charge in [0.05, 0.1) is 11.8 Å². The number of hydrogen-bond donors (Lipinski definition) is 2. The maximum atomic E-state index is 12.1. The largest absolute Gasteiger partial charge is 0.507 e. The predicted molar refractivity (Wildman–Crippen MR) is 76.8 cm³/mol. The van der Waals surface area contributed by atoms with E-state index in [0.29, 0.717) is 11.1 Å². The second kappa shape index (κ2) is 6.28. The van der Waals surface area contributed by atoms with Crippen molar-refractivity contribution in [3.8, 4) is 5.75 Å². The van der Waals surface area contributed by atoms with Crippen LogP contribution < -0.4 is 5.32 Å². The summed E-state index contributed by atoms with van der Waals surface area (Å²) < 4.78 is 5.26. The number of nitrogens with one attached hydrogen (secondary N) is 1. The first-order chi connectivity index (χ1) is 9.58. The van der Waals surface area contributed by atoms with E-state index < -0.39 is 0 Å². The SMILES string of the molecule is Cc1cccc(C(=O)NC(C)CCc2ccco2)c1O. The number of phenolic OH excluding ortho intramolecular Hbond substituents is 1. The number of aryl methyl sites for hydroxylation is 2. The lowest BCUT2D eigenvalue weighted by atomic mass is 10.1. The van der Waals surface area contributed by atoms with E-state index >= 15 is 0 Å². The topological polar surface area (TPSA) is 62.5 Å². The summed E-state index contributed by atoms with van der Waals surface area (Å²) >= 11 is 0. The Morgan fingerprint density at radius 1 is 1.35 bits per heavy atom. The molecule has 0 spiro atoms. The zero-order chi connectivity index (χ0) is 14.5. The maximum absolute atomic E-state index is 12.1. The Balaban J connectivity index is 1.92. The molecule has 0 radical (unpaired) electrons. The van der Waals surface area contributed by atoms with E-state index in [1.54, 1.807) is 31.4 Å². The van der Waals surface area contributed by atoms with Crippen molar-refractivity contribution in [3.63, 3.8) is 0 Å². The van der Waals surface area contributed by atoms with Gasteiger partial charge in [0.1, 0.15) is 11.5 Å². The molecule has 1 unspecified atom stereocenters. The van der Waals surface area contributed by atoms with Gasteiger partial charge in [-0.2, -0.15) is 0 Å². The standard InChI is InChI=1S/C16H19NO3/c1-11-5-3-7-14(15(11)18)16(19)17-12(2)8-9-13-6-4-10-20-13/h3-7,10,12,18H,8-9H2,1-2H3,(H,17,19). The molecule has 1 aromatic carbocycles. The third-order valence-corrected chi connectivity index (χ3v) is 3.26. The van der Waals surface area contributed by atoms with E-state index in [1.807, 2.05) is 19.1 Å². The molecule has 0 saturated carbocycles. The highest BCUT2D eigenvalue weighted by atomic mass is 16.3. The van der Waals surface area contributed by atoms with Crippen molar-refractivity contribution in [2.45, 2.75) is 32.7 Å². The van der Waals surface area contributed by atoms with Crippen molar-refractivity contribution in [2.75, 3.05) is 0 Å². The summed E-state index contributed by atoms with van der Waals surface area (Å²) in [5.41, 5.74) is 1.01. The Morgan fingerprint density at radius 3 is 2.85 bits per heavy atom. The number of phenols is 1. The zero-order valence-electron chi connectivity index (χ0n) is 11.7. The predicted octanol–water partition coefficient (Wildman–Crippen LogP) is 3.04. The molecule has 20 heavy (non-hydrogen) atoms. The van der Waals surface area contributed by atoms with E-state index in [4.69, 9.17) is 4.42 Å². The molecule has 1 heterocycles. The average Bonchev–Trinajstić information content (AvgIpc) is 2.92. The van der Waals surface area contributed by atoms with E-state index in [2.05, 4.69) is 5.32 Å². The number of benzene rings is 1. The number of carbonyl (C=O) groups excluding carboxylic acids is 1. The highest BCUT2D eigenvalue weighted by Gasteiger charge is 2.14. The molecule has 2 rings (SSSR count). The van der Waals surface area contributed by atoms with Gasteiger partial charge in [-0.1, -0.05) is 12.1 Å². The van der Waals surface area contributed by atoms with Gasteiger partial charge in [-0.25, -0.2) is 0 Å². The van der Waals surface area contributed by atoms with Crippen molar-refractivity contribution < 1.29 is 14.3 Å². The zero-order valence-corrected chi connectivity index (χ0v) is 11.7. The average molecular weight is 273 g/mol. The molecule has 106 valence electrons. The van der Waals surface area contributed by atoms with Crippen LogP contribution in [-0.4, -0.2) is 17.1 Å². The van der Waals surface area contributed by atoms with Crippen LogP contribution in [0.3, 0.4) is 0 Å². The van der Waals surface area contributed by atoms with Crippen molar-refractivity contribution in [1.82, 2.24) is 5.32 Å². The Labute approximate surface area is 118 Å². The van der Waals surface area contributed by atoms with Gasteiger partial charge in [-0.3, -0.25) is 4.79 Å². The quantitative estimate of drug-likeness (QED) is 0.880. The molecule has 0 aliphatic rings. The number of aromatic hydroxyl groups is 1. The summed E-state index contributed by atoms with van der Waals surface area (Å²) in [6, 6.07) is 8.93. The van der Waals surface area contributed by atoms with Crippen LogP contribution in [0.1, 0.15) is 35.0 Å². The van der Waals surface area contributed by atoms with E-state index in [1.165, 1.54) is 0 Å². The Hall–Kier alpha value is -2.23. The fourth-order valence-corrected chi connectivity index (χ4v) is 2.03. The monoisotopic (exact) mass is 273 g/mol.